The van der Waals surface area contributed by atoms with Crippen LogP contribution in [0.1, 0.15) is 129 Å². The van der Waals surface area contributed by atoms with Crippen molar-refractivity contribution in [3.05, 3.63) is 97.2 Å². The van der Waals surface area contributed by atoms with Gasteiger partial charge >= 0.3 is 11.9 Å². The second-order valence-electron chi connectivity index (χ2n) is 9.99. The van der Waals surface area contributed by atoms with Crippen molar-refractivity contribution in [2.75, 3.05) is 0 Å². The zero-order chi connectivity index (χ0) is 31.2. The summed E-state index contributed by atoms with van der Waals surface area (Å²) in [6.07, 6.45) is 51.8. The van der Waals surface area contributed by atoms with E-state index >= 15 is 0 Å². The van der Waals surface area contributed by atoms with Crippen LogP contribution in [0.4, 0.5) is 0 Å². The number of unbranched alkanes of at least 4 members (excludes halogenated alkanes) is 6. The standard InChI is InChI=1S/C20H30O2.C18H30O2/c1-2-3-4-5-6-7-8-9-10-11-12-13-14-15-16-17-18-19-20(21)22;1-2-3-4-5-6-7-8-9-10-11-12-13-14-15-16-17-18(19)20/h3-4,6-7,9-10,12-13,15-16H,2,5,8,11,14,17-19H2,1H3,(H,21,22);3-4,6-7,9-10H,2,5,8,11-17H2,1H3,(H,19,20)/b4-3-,7-6-,10-9-,13-12-,16-15-;4-3-,7-6-,10-9-. The maximum absolute atomic E-state index is 10.3. The molecule has 4 nitrogen and oxygen atoms in total. The normalized spacial score (nSPS) is 12.4. The van der Waals surface area contributed by atoms with Crippen molar-refractivity contribution >= 4 is 11.9 Å². The highest BCUT2D eigenvalue weighted by Gasteiger charge is 1.95. The minimum Gasteiger partial charge on any atom is -0.481 e. The van der Waals surface area contributed by atoms with E-state index in [2.05, 4.69) is 111 Å². The number of carbonyl (C=O) groups is 2. The summed E-state index contributed by atoms with van der Waals surface area (Å²) < 4.78 is 0. The molecule has 0 heterocycles. The van der Waals surface area contributed by atoms with Crippen molar-refractivity contribution in [3.63, 3.8) is 0 Å². The lowest BCUT2D eigenvalue weighted by molar-refractivity contribution is -0.138. The lowest BCUT2D eigenvalue weighted by Gasteiger charge is -1.98. The third kappa shape index (κ3) is 43.9. The zero-order valence-corrected chi connectivity index (χ0v) is 26.7. The fourth-order valence-electron chi connectivity index (χ4n) is 3.64. The van der Waals surface area contributed by atoms with Gasteiger partial charge in [-0.1, -0.05) is 130 Å². The first-order chi connectivity index (χ1) is 20.5. The fourth-order valence-corrected chi connectivity index (χ4v) is 3.64. The molecule has 0 unspecified atom stereocenters. The third-order valence-corrected chi connectivity index (χ3v) is 5.96. The fraction of sp³-hybridized carbons (Fsp3) is 0.526. The van der Waals surface area contributed by atoms with Crippen LogP contribution in [0, 0.1) is 0 Å². The Morgan fingerprint density at radius 1 is 0.381 bits per heavy atom. The number of hydrogen-bond donors (Lipinski definition) is 2. The SMILES string of the molecule is CC/C=C\C/C=C\C/C=C\C/C=C\C/C=C\CCCC(=O)O.CC/C=C\C/C=C\C/C=C\CCCCCCCC(=O)O. The van der Waals surface area contributed by atoms with E-state index in [9.17, 15) is 9.59 Å². The number of hydrogen-bond acceptors (Lipinski definition) is 2. The van der Waals surface area contributed by atoms with Crippen LogP contribution >= 0.6 is 0 Å². The van der Waals surface area contributed by atoms with Crippen LogP contribution in [0.5, 0.6) is 0 Å². The average molecular weight is 581 g/mol. The van der Waals surface area contributed by atoms with Gasteiger partial charge in [-0.25, -0.2) is 0 Å². The minimum atomic E-state index is -0.715. The summed E-state index contributed by atoms with van der Waals surface area (Å²) >= 11 is 0. The van der Waals surface area contributed by atoms with Crippen molar-refractivity contribution < 1.29 is 19.8 Å². The summed E-state index contributed by atoms with van der Waals surface area (Å²) in [5.41, 5.74) is 0. The Balaban J connectivity index is 0. The molecule has 2 N–H and O–H groups in total. The van der Waals surface area contributed by atoms with Crippen LogP contribution in [0.3, 0.4) is 0 Å². The maximum atomic E-state index is 10.3. The van der Waals surface area contributed by atoms with E-state index in [1.165, 1.54) is 12.8 Å². The predicted octanol–water partition coefficient (Wildman–Crippen LogP) is 11.7. The zero-order valence-electron chi connectivity index (χ0n) is 26.7. The van der Waals surface area contributed by atoms with Crippen LogP contribution in [-0.4, -0.2) is 22.2 Å². The summed E-state index contributed by atoms with van der Waals surface area (Å²) in [6, 6.07) is 0. The molecule has 0 fully saturated rings. The van der Waals surface area contributed by atoms with E-state index in [1.54, 1.807) is 0 Å². The molecule has 0 atom stereocenters. The van der Waals surface area contributed by atoms with E-state index in [4.69, 9.17) is 10.2 Å². The Bertz CT molecular complexity index is 837. The first kappa shape index (κ1) is 41.0. The molecule has 0 aliphatic rings. The lowest BCUT2D eigenvalue weighted by Crippen LogP contribution is -1.93. The summed E-state index contributed by atoms with van der Waals surface area (Å²) in [5, 5.41) is 17.0. The van der Waals surface area contributed by atoms with E-state index in [1.807, 2.05) is 0 Å². The maximum Gasteiger partial charge on any atom is 0.303 e. The highest BCUT2D eigenvalue weighted by atomic mass is 16.4. The molecule has 0 aliphatic carbocycles. The molecule has 0 aromatic rings. The molecule has 0 aromatic heterocycles. The Kier molecular flexibility index (Phi) is 37.0. The third-order valence-electron chi connectivity index (χ3n) is 5.96. The molecule has 0 amide bonds. The predicted molar refractivity (Wildman–Crippen MR) is 183 cm³/mol. The molecule has 0 saturated carbocycles. The quantitative estimate of drug-likeness (QED) is 0.0788. The second kappa shape index (κ2) is 37.9. The molecule has 0 rings (SSSR count). The van der Waals surface area contributed by atoms with E-state index in [0.717, 1.165) is 89.9 Å². The van der Waals surface area contributed by atoms with Gasteiger partial charge in [0.2, 0.25) is 0 Å². The topological polar surface area (TPSA) is 74.6 Å². The number of aliphatic carboxylic acids is 2. The second-order valence-corrected chi connectivity index (χ2v) is 9.99. The van der Waals surface area contributed by atoms with Gasteiger partial charge in [-0.05, 0) is 83.5 Å². The van der Waals surface area contributed by atoms with Gasteiger partial charge in [-0.15, -0.1) is 0 Å². The van der Waals surface area contributed by atoms with Crippen molar-refractivity contribution in [3.8, 4) is 0 Å². The summed E-state index contributed by atoms with van der Waals surface area (Å²) in [6.45, 7) is 4.29. The van der Waals surface area contributed by atoms with Crippen LogP contribution in [-0.2, 0) is 9.59 Å². The molecule has 236 valence electrons. The summed E-state index contributed by atoms with van der Waals surface area (Å²) in [4.78, 5) is 20.6. The summed E-state index contributed by atoms with van der Waals surface area (Å²) in [5.74, 6) is -1.39. The van der Waals surface area contributed by atoms with Gasteiger partial charge in [-0.2, -0.15) is 0 Å². The molecule has 0 spiro atoms. The molecular weight excluding hydrogens is 520 g/mol. The van der Waals surface area contributed by atoms with E-state index in [0.29, 0.717) is 6.42 Å². The van der Waals surface area contributed by atoms with Gasteiger partial charge in [0.1, 0.15) is 0 Å². The molecule has 0 aromatic carbocycles. The van der Waals surface area contributed by atoms with Crippen LogP contribution in [0.15, 0.2) is 97.2 Å². The minimum absolute atomic E-state index is 0.258. The van der Waals surface area contributed by atoms with Gasteiger partial charge in [0.15, 0.2) is 0 Å². The van der Waals surface area contributed by atoms with Crippen molar-refractivity contribution in [1.82, 2.24) is 0 Å². The number of carboxylic acids is 2. The first-order valence-corrected chi connectivity index (χ1v) is 16.2. The highest BCUT2D eigenvalue weighted by molar-refractivity contribution is 5.66. The molecule has 0 aliphatic heterocycles. The molecule has 0 bridgehead atoms. The van der Waals surface area contributed by atoms with Crippen molar-refractivity contribution in [2.45, 2.75) is 129 Å². The molecule has 4 heteroatoms. The molecule has 0 radical (unpaired) electrons. The van der Waals surface area contributed by atoms with Crippen molar-refractivity contribution in [1.29, 1.82) is 0 Å². The first-order valence-electron chi connectivity index (χ1n) is 16.2. The molecular formula is C38H60O4. The summed E-state index contributed by atoms with van der Waals surface area (Å²) in [7, 11) is 0. The van der Waals surface area contributed by atoms with Gasteiger partial charge in [0, 0.05) is 12.8 Å². The van der Waals surface area contributed by atoms with Gasteiger partial charge < -0.3 is 10.2 Å². The van der Waals surface area contributed by atoms with E-state index in [-0.39, 0.29) is 6.42 Å². The van der Waals surface area contributed by atoms with Crippen LogP contribution in [0.25, 0.3) is 0 Å². The van der Waals surface area contributed by atoms with E-state index < -0.39 is 11.9 Å². The van der Waals surface area contributed by atoms with Gasteiger partial charge in [0.05, 0.1) is 0 Å². The monoisotopic (exact) mass is 580 g/mol. The Hall–Kier alpha value is -3.14. The molecule has 0 saturated heterocycles. The Labute approximate surface area is 258 Å². The van der Waals surface area contributed by atoms with Gasteiger partial charge in [0.25, 0.3) is 0 Å². The number of carboxylic acid groups (broad SMARTS) is 2. The largest absolute Gasteiger partial charge is 0.481 e. The number of rotatable bonds is 26. The van der Waals surface area contributed by atoms with Gasteiger partial charge in [-0.3, -0.25) is 9.59 Å². The average Bonchev–Trinajstić information content (AvgIpc) is 2.97. The Morgan fingerprint density at radius 2 is 0.667 bits per heavy atom. The smallest absolute Gasteiger partial charge is 0.303 e. The molecule has 42 heavy (non-hydrogen) atoms. The van der Waals surface area contributed by atoms with Crippen LogP contribution in [0.2, 0.25) is 0 Å². The number of allylic oxidation sites excluding steroid dienone is 16. The van der Waals surface area contributed by atoms with Crippen molar-refractivity contribution in [2.24, 2.45) is 0 Å². The lowest BCUT2D eigenvalue weighted by atomic mass is 10.1. The highest BCUT2D eigenvalue weighted by Crippen LogP contribution is 2.08. The van der Waals surface area contributed by atoms with Crippen LogP contribution < -0.4 is 0 Å². The Morgan fingerprint density at radius 3 is 1.05 bits per heavy atom.